The number of piperidine rings is 1. The molecule has 1 amide bonds. The van der Waals surface area contributed by atoms with E-state index in [-0.39, 0.29) is 37.8 Å². The molecule has 0 unspecified atom stereocenters. The van der Waals surface area contributed by atoms with Gasteiger partial charge in [0, 0.05) is 31.3 Å². The molecule has 2 aromatic carbocycles. The fraction of sp³-hybridized carbons (Fsp3) is 0.440. The van der Waals surface area contributed by atoms with E-state index < -0.39 is 27.9 Å². The number of methoxy groups -OCH3 is 2. The Labute approximate surface area is 226 Å². The van der Waals surface area contributed by atoms with Crippen LogP contribution in [0.15, 0.2) is 35.2 Å². The third-order valence-electron chi connectivity index (χ3n) is 6.52. The number of rotatable bonds is 7. The van der Waals surface area contributed by atoms with E-state index in [1.807, 2.05) is 0 Å². The number of carbonyl (C=O) groups is 2. The second-order valence-electron chi connectivity index (χ2n) is 8.83. The van der Waals surface area contributed by atoms with E-state index in [9.17, 15) is 18.0 Å². The van der Waals surface area contributed by atoms with Crippen LogP contribution in [0.4, 0.5) is 0 Å². The molecule has 0 aliphatic carbocycles. The minimum atomic E-state index is -3.81. The maximum atomic E-state index is 13.3. The molecule has 9 nitrogen and oxygen atoms in total. The Morgan fingerprint density at radius 3 is 2.24 bits per heavy atom. The highest BCUT2D eigenvalue weighted by Gasteiger charge is 2.36. The number of sulfonamides is 1. The molecule has 0 N–H and O–H groups in total. The third-order valence-corrected chi connectivity index (χ3v) is 9.00. The molecule has 2 fully saturated rings. The number of benzene rings is 2. The summed E-state index contributed by atoms with van der Waals surface area (Å²) < 4.78 is 44.1. The van der Waals surface area contributed by atoms with Crippen molar-refractivity contribution in [2.75, 3.05) is 33.9 Å². The highest BCUT2D eigenvalue weighted by molar-refractivity contribution is 7.89. The van der Waals surface area contributed by atoms with Crippen molar-refractivity contribution in [2.45, 2.75) is 43.0 Å². The van der Waals surface area contributed by atoms with Gasteiger partial charge in [0.25, 0.3) is 5.91 Å². The van der Waals surface area contributed by atoms with Crippen molar-refractivity contribution in [3.8, 4) is 17.2 Å². The van der Waals surface area contributed by atoms with Crippen LogP contribution in [0.25, 0.3) is 0 Å². The summed E-state index contributed by atoms with van der Waals surface area (Å²) in [4.78, 5) is 26.6. The second-order valence-corrected chi connectivity index (χ2v) is 11.5. The van der Waals surface area contributed by atoms with Crippen molar-refractivity contribution >= 4 is 45.1 Å². The van der Waals surface area contributed by atoms with E-state index in [0.717, 1.165) is 19.3 Å². The Hall–Kier alpha value is -2.53. The summed E-state index contributed by atoms with van der Waals surface area (Å²) in [7, 11) is -1.12. The van der Waals surface area contributed by atoms with Gasteiger partial charge in [-0.2, -0.15) is 4.31 Å². The average molecular weight is 571 g/mol. The van der Waals surface area contributed by atoms with Gasteiger partial charge in [-0.3, -0.25) is 4.79 Å². The number of halogens is 2. The van der Waals surface area contributed by atoms with Crippen LogP contribution in [0.5, 0.6) is 17.2 Å². The monoisotopic (exact) mass is 570 g/mol. The first-order valence-electron chi connectivity index (χ1n) is 11.9. The predicted octanol–water partition coefficient (Wildman–Crippen LogP) is 4.75. The van der Waals surface area contributed by atoms with Crippen molar-refractivity contribution in [3.63, 3.8) is 0 Å². The van der Waals surface area contributed by atoms with Crippen LogP contribution in [0, 0.1) is 0 Å². The molecule has 0 spiro atoms. The summed E-state index contributed by atoms with van der Waals surface area (Å²) >= 11 is 12.9. The highest BCUT2D eigenvalue weighted by Crippen LogP contribution is 2.40. The summed E-state index contributed by atoms with van der Waals surface area (Å²) in [6.45, 7) is 1.29. The Morgan fingerprint density at radius 1 is 0.946 bits per heavy atom. The van der Waals surface area contributed by atoms with Crippen LogP contribution >= 0.6 is 23.2 Å². The maximum Gasteiger partial charge on any atom is 0.328 e. The maximum absolute atomic E-state index is 13.3. The molecule has 0 radical (unpaired) electrons. The molecular weight excluding hydrogens is 543 g/mol. The summed E-state index contributed by atoms with van der Waals surface area (Å²) in [6, 6.07) is 6.58. The van der Waals surface area contributed by atoms with Crippen LogP contribution in [0.1, 0.15) is 42.5 Å². The summed E-state index contributed by atoms with van der Waals surface area (Å²) in [5.74, 6) is -0.427. The minimum Gasteiger partial charge on any atom is -0.495 e. The van der Waals surface area contributed by atoms with Crippen molar-refractivity contribution in [1.29, 1.82) is 0 Å². The van der Waals surface area contributed by atoms with Crippen LogP contribution in [0.3, 0.4) is 0 Å². The van der Waals surface area contributed by atoms with Gasteiger partial charge in [-0.05, 0) is 49.9 Å². The van der Waals surface area contributed by atoms with Crippen molar-refractivity contribution < 1.29 is 32.2 Å². The number of likely N-dealkylation sites (tertiary alicyclic amines) is 1. The number of hydrogen-bond acceptors (Lipinski definition) is 7. The molecule has 1 atom stereocenters. The lowest BCUT2D eigenvalue weighted by atomic mass is 10.1. The molecule has 200 valence electrons. The van der Waals surface area contributed by atoms with Gasteiger partial charge in [0.15, 0.2) is 5.75 Å². The van der Waals surface area contributed by atoms with Crippen LogP contribution < -0.4 is 9.47 Å². The molecule has 4 rings (SSSR count). The molecule has 0 saturated carbocycles. The Balaban J connectivity index is 1.61. The van der Waals surface area contributed by atoms with E-state index in [2.05, 4.69) is 0 Å². The largest absolute Gasteiger partial charge is 0.495 e. The van der Waals surface area contributed by atoms with Crippen molar-refractivity contribution in [1.82, 2.24) is 9.21 Å². The van der Waals surface area contributed by atoms with Gasteiger partial charge in [-0.1, -0.05) is 29.6 Å². The summed E-state index contributed by atoms with van der Waals surface area (Å²) in [5, 5.41) is 0.113. The van der Waals surface area contributed by atoms with E-state index in [4.69, 9.17) is 37.4 Å². The Bertz CT molecular complexity index is 1270. The average Bonchev–Trinajstić information content (AvgIpc) is 3.40. The lowest BCUT2D eigenvalue weighted by Crippen LogP contribution is -2.41. The number of esters is 1. The van der Waals surface area contributed by atoms with Gasteiger partial charge >= 0.3 is 5.97 Å². The fourth-order valence-corrected chi connectivity index (χ4v) is 6.87. The Kier molecular flexibility index (Phi) is 8.52. The predicted molar refractivity (Wildman–Crippen MR) is 138 cm³/mol. The number of carbonyl (C=O) groups excluding carboxylic acids is 2. The van der Waals surface area contributed by atoms with Crippen LogP contribution in [-0.4, -0.2) is 69.4 Å². The van der Waals surface area contributed by atoms with Crippen LogP contribution in [0.2, 0.25) is 10.0 Å². The lowest BCUT2D eigenvalue weighted by molar-refractivity contribution is -0.145. The number of ether oxygens (including phenoxy) is 3. The second kappa shape index (κ2) is 11.5. The first-order chi connectivity index (χ1) is 17.7. The molecule has 12 heteroatoms. The standard InChI is InChI=1S/C25H28Cl2N2O7S/c1-34-21-9-8-17(15-22(21)37(32,33)28-10-4-3-5-11-28)36-23-18(26)13-16(14-19(23)27)24(30)29-12-6-7-20(29)25(31)35-2/h8-9,13-15,20H,3-7,10-12H2,1-2H3/t20-/m0/s1. The van der Waals surface area contributed by atoms with Gasteiger partial charge in [0.05, 0.1) is 24.3 Å². The SMILES string of the molecule is COC(=O)[C@@H]1CCCN1C(=O)c1cc(Cl)c(Oc2ccc(OC)c(S(=O)(=O)N3CCCCC3)c2)c(Cl)c1. The summed E-state index contributed by atoms with van der Waals surface area (Å²) in [6.07, 6.45) is 3.77. The van der Waals surface area contributed by atoms with Gasteiger partial charge < -0.3 is 19.1 Å². The third kappa shape index (κ3) is 5.67. The van der Waals surface area contributed by atoms with E-state index >= 15 is 0 Å². The highest BCUT2D eigenvalue weighted by atomic mass is 35.5. The van der Waals surface area contributed by atoms with Crippen molar-refractivity contribution in [2.24, 2.45) is 0 Å². The fourth-order valence-electron chi connectivity index (χ4n) is 4.62. The number of hydrogen-bond donors (Lipinski definition) is 0. The topological polar surface area (TPSA) is 102 Å². The van der Waals surface area contributed by atoms with E-state index in [0.29, 0.717) is 32.5 Å². The van der Waals surface area contributed by atoms with Gasteiger partial charge in [0.1, 0.15) is 22.4 Å². The number of nitrogens with zero attached hydrogens (tertiary/aromatic N) is 2. The van der Waals surface area contributed by atoms with Gasteiger partial charge in [-0.25, -0.2) is 13.2 Å². The van der Waals surface area contributed by atoms with E-state index in [1.54, 1.807) is 6.07 Å². The molecule has 2 aromatic rings. The number of amides is 1. The Morgan fingerprint density at radius 2 is 1.62 bits per heavy atom. The zero-order valence-electron chi connectivity index (χ0n) is 20.5. The molecule has 2 aliphatic rings. The normalized spacial score (nSPS) is 18.5. The van der Waals surface area contributed by atoms with E-state index in [1.165, 1.54) is 47.7 Å². The zero-order chi connectivity index (χ0) is 26.7. The summed E-state index contributed by atoms with van der Waals surface area (Å²) in [5.41, 5.74) is 0.196. The molecular formula is C25H28Cl2N2O7S. The molecule has 2 saturated heterocycles. The molecule has 2 aliphatic heterocycles. The quantitative estimate of drug-likeness (QED) is 0.442. The smallest absolute Gasteiger partial charge is 0.328 e. The molecule has 2 heterocycles. The van der Waals surface area contributed by atoms with Gasteiger partial charge in [0.2, 0.25) is 10.0 Å². The molecule has 37 heavy (non-hydrogen) atoms. The zero-order valence-corrected chi connectivity index (χ0v) is 22.9. The van der Waals surface area contributed by atoms with Crippen molar-refractivity contribution in [3.05, 3.63) is 45.9 Å². The first kappa shape index (κ1) is 27.5. The lowest BCUT2D eigenvalue weighted by Gasteiger charge is -2.26. The minimum absolute atomic E-state index is 0.0173. The first-order valence-corrected chi connectivity index (χ1v) is 14.1. The molecule has 0 aromatic heterocycles. The molecule has 0 bridgehead atoms. The van der Waals surface area contributed by atoms with Gasteiger partial charge in [-0.15, -0.1) is 0 Å². The van der Waals surface area contributed by atoms with Crippen LogP contribution in [-0.2, 0) is 19.6 Å².